The summed E-state index contributed by atoms with van der Waals surface area (Å²) in [6, 6.07) is 0. The molecule has 0 aromatic rings. The number of rotatable bonds is 3. The Morgan fingerprint density at radius 3 is 2.33 bits per heavy atom. The van der Waals surface area contributed by atoms with Gasteiger partial charge < -0.3 is 5.32 Å². The lowest BCUT2D eigenvalue weighted by atomic mass is 10.00. The maximum absolute atomic E-state index is 10.7. The molecule has 1 N–H and O–H groups in total. The number of nitrogens with one attached hydrogen (secondary N) is 1. The molecule has 0 aromatic carbocycles. The van der Waals surface area contributed by atoms with Crippen molar-refractivity contribution in [3.63, 3.8) is 0 Å². The minimum absolute atomic E-state index is 0.0595. The van der Waals surface area contributed by atoms with Crippen LogP contribution in [0.1, 0.15) is 27.7 Å². The number of carbonyl (C=O) groups is 1. The van der Waals surface area contributed by atoms with Crippen molar-refractivity contribution in [1.29, 1.82) is 0 Å². The van der Waals surface area contributed by atoms with Gasteiger partial charge in [-0.15, -0.1) is 0 Å². The van der Waals surface area contributed by atoms with E-state index in [0.717, 1.165) is 5.70 Å². The van der Waals surface area contributed by atoms with Crippen LogP contribution >= 0.6 is 0 Å². The molecule has 2 heteroatoms. The molecule has 1 atom stereocenters. The highest BCUT2D eigenvalue weighted by atomic mass is 16.1. The molecule has 0 radical (unpaired) electrons. The molecule has 0 heterocycles. The van der Waals surface area contributed by atoms with Gasteiger partial charge in [0.15, 0.2) is 0 Å². The van der Waals surface area contributed by atoms with Crippen molar-refractivity contribution in [3.05, 3.63) is 23.9 Å². The molecular weight excluding hydrogens is 150 g/mol. The van der Waals surface area contributed by atoms with Crippen LogP contribution in [0, 0.1) is 5.92 Å². The van der Waals surface area contributed by atoms with E-state index in [1.54, 1.807) is 0 Å². The van der Waals surface area contributed by atoms with Crippen molar-refractivity contribution in [3.8, 4) is 0 Å². The van der Waals surface area contributed by atoms with Gasteiger partial charge >= 0.3 is 0 Å². The maximum atomic E-state index is 10.7. The molecule has 0 aliphatic heterocycles. The third-order valence-corrected chi connectivity index (χ3v) is 2.00. The minimum atomic E-state index is -0.0595. The third kappa shape index (κ3) is 3.37. The van der Waals surface area contributed by atoms with E-state index in [1.807, 2.05) is 26.8 Å². The second kappa shape index (κ2) is 4.75. The summed E-state index contributed by atoms with van der Waals surface area (Å²) < 4.78 is 0. The topological polar surface area (TPSA) is 29.1 Å². The zero-order valence-corrected chi connectivity index (χ0v) is 8.27. The molecule has 1 amide bonds. The number of hydrogen-bond donors (Lipinski definition) is 1. The summed E-state index contributed by atoms with van der Waals surface area (Å²) in [5.41, 5.74) is 1.98. The predicted octanol–water partition coefficient (Wildman–Crippen LogP) is 2.24. The first-order valence-electron chi connectivity index (χ1n) is 4.08. The van der Waals surface area contributed by atoms with E-state index in [-0.39, 0.29) is 11.8 Å². The van der Waals surface area contributed by atoms with Gasteiger partial charge in [-0.05, 0) is 13.8 Å². The Balaban J connectivity index is 4.20. The highest BCUT2D eigenvalue weighted by Gasteiger charge is 2.08. The van der Waals surface area contributed by atoms with E-state index in [9.17, 15) is 4.79 Å². The van der Waals surface area contributed by atoms with Crippen LogP contribution in [0.3, 0.4) is 0 Å². The Labute approximate surface area is 74.4 Å². The van der Waals surface area contributed by atoms with Crippen LogP contribution in [-0.2, 0) is 4.79 Å². The monoisotopic (exact) mass is 167 g/mol. The van der Waals surface area contributed by atoms with Crippen molar-refractivity contribution in [2.24, 2.45) is 5.92 Å². The average Bonchev–Trinajstić information content (AvgIpc) is 2.00. The molecule has 0 aliphatic rings. The van der Waals surface area contributed by atoms with Gasteiger partial charge in [0.1, 0.15) is 0 Å². The van der Waals surface area contributed by atoms with E-state index in [0.29, 0.717) is 0 Å². The molecular formula is C10H17NO. The van der Waals surface area contributed by atoms with Crippen LogP contribution in [0.15, 0.2) is 23.9 Å². The average molecular weight is 167 g/mol. The Bertz CT molecular complexity index is 216. The first-order valence-corrected chi connectivity index (χ1v) is 4.08. The first kappa shape index (κ1) is 11.0. The van der Waals surface area contributed by atoms with Gasteiger partial charge in [0.05, 0.1) is 0 Å². The predicted molar refractivity (Wildman–Crippen MR) is 51.6 cm³/mol. The highest BCUT2D eigenvalue weighted by molar-refractivity contribution is 5.74. The third-order valence-electron chi connectivity index (χ3n) is 2.00. The molecule has 0 fully saturated rings. The second-order valence-corrected chi connectivity index (χ2v) is 2.96. The summed E-state index contributed by atoms with van der Waals surface area (Å²) in [6.07, 6.45) is 2.03. The molecule has 68 valence electrons. The van der Waals surface area contributed by atoms with Gasteiger partial charge in [0.25, 0.3) is 0 Å². The van der Waals surface area contributed by atoms with Gasteiger partial charge in [-0.25, -0.2) is 0 Å². The molecule has 0 saturated carbocycles. The summed E-state index contributed by atoms with van der Waals surface area (Å²) >= 11 is 0. The largest absolute Gasteiger partial charge is 0.330 e. The van der Waals surface area contributed by atoms with Gasteiger partial charge in [0.2, 0.25) is 5.91 Å². The molecule has 0 bridgehead atoms. The van der Waals surface area contributed by atoms with E-state index in [4.69, 9.17) is 0 Å². The fourth-order valence-electron chi connectivity index (χ4n) is 0.859. The van der Waals surface area contributed by atoms with Gasteiger partial charge in [-0.3, -0.25) is 4.79 Å². The van der Waals surface area contributed by atoms with Crippen molar-refractivity contribution >= 4 is 5.91 Å². The summed E-state index contributed by atoms with van der Waals surface area (Å²) in [6.45, 7) is 11.3. The molecule has 0 aromatic heterocycles. The van der Waals surface area contributed by atoms with E-state index in [1.165, 1.54) is 12.5 Å². The van der Waals surface area contributed by atoms with Crippen molar-refractivity contribution < 1.29 is 4.79 Å². The lowest BCUT2D eigenvalue weighted by molar-refractivity contribution is -0.118. The number of carbonyl (C=O) groups excluding carboxylic acids is 1. The van der Waals surface area contributed by atoms with Crippen molar-refractivity contribution in [1.82, 2.24) is 5.32 Å². The van der Waals surface area contributed by atoms with E-state index >= 15 is 0 Å². The fraction of sp³-hybridized carbons (Fsp3) is 0.500. The first-order chi connectivity index (χ1) is 5.49. The smallest absolute Gasteiger partial charge is 0.220 e. The second-order valence-electron chi connectivity index (χ2n) is 2.96. The van der Waals surface area contributed by atoms with Crippen LogP contribution in [0.5, 0.6) is 0 Å². The standard InChI is InChI=1S/C10H17NO/c1-6-7(2)8(3)9(4)11-10(5)12/h6,8H,4H2,1-3,5H3,(H,11,12)/b7-6+. The minimum Gasteiger partial charge on any atom is -0.330 e. The Hall–Kier alpha value is -1.05. The van der Waals surface area contributed by atoms with Gasteiger partial charge in [-0.1, -0.05) is 25.2 Å². The molecule has 0 spiro atoms. The molecule has 1 unspecified atom stereocenters. The quantitative estimate of drug-likeness (QED) is 0.642. The Kier molecular flexibility index (Phi) is 4.34. The van der Waals surface area contributed by atoms with Crippen LogP contribution in [-0.4, -0.2) is 5.91 Å². The van der Waals surface area contributed by atoms with Crippen LogP contribution in [0.2, 0.25) is 0 Å². The maximum Gasteiger partial charge on any atom is 0.220 e. The van der Waals surface area contributed by atoms with Crippen LogP contribution < -0.4 is 5.32 Å². The molecule has 2 nitrogen and oxygen atoms in total. The number of hydrogen-bond acceptors (Lipinski definition) is 1. The number of amides is 1. The molecule has 12 heavy (non-hydrogen) atoms. The van der Waals surface area contributed by atoms with E-state index in [2.05, 4.69) is 11.9 Å². The van der Waals surface area contributed by atoms with Gasteiger partial charge in [-0.2, -0.15) is 0 Å². The lowest BCUT2D eigenvalue weighted by Gasteiger charge is -2.15. The zero-order chi connectivity index (χ0) is 9.72. The normalized spacial score (nSPS) is 13.8. The lowest BCUT2D eigenvalue weighted by Crippen LogP contribution is -2.23. The summed E-state index contributed by atoms with van der Waals surface area (Å²) in [4.78, 5) is 10.7. The fourth-order valence-corrected chi connectivity index (χ4v) is 0.859. The molecule has 0 aliphatic carbocycles. The zero-order valence-electron chi connectivity index (χ0n) is 8.27. The summed E-state index contributed by atoms with van der Waals surface area (Å²) in [5.74, 6) is 0.162. The van der Waals surface area contributed by atoms with Crippen LogP contribution in [0.4, 0.5) is 0 Å². The summed E-state index contributed by atoms with van der Waals surface area (Å²) in [7, 11) is 0. The van der Waals surface area contributed by atoms with Crippen molar-refractivity contribution in [2.45, 2.75) is 27.7 Å². The Morgan fingerprint density at radius 2 is 2.00 bits per heavy atom. The van der Waals surface area contributed by atoms with Gasteiger partial charge in [0, 0.05) is 18.5 Å². The molecule has 0 rings (SSSR count). The van der Waals surface area contributed by atoms with Crippen molar-refractivity contribution in [2.75, 3.05) is 0 Å². The summed E-state index contributed by atoms with van der Waals surface area (Å²) in [5, 5.41) is 2.68. The number of allylic oxidation sites excluding steroid dienone is 2. The SMILES string of the molecule is C=C(NC(C)=O)C(C)/C(C)=C/C. The van der Waals surface area contributed by atoms with E-state index < -0.39 is 0 Å². The Morgan fingerprint density at radius 1 is 1.50 bits per heavy atom. The highest BCUT2D eigenvalue weighted by Crippen LogP contribution is 2.15. The molecule has 0 saturated heterocycles. The van der Waals surface area contributed by atoms with Crippen LogP contribution in [0.25, 0.3) is 0 Å².